The summed E-state index contributed by atoms with van der Waals surface area (Å²) in [5.74, 6) is -0.0119. The van der Waals surface area contributed by atoms with E-state index in [1.54, 1.807) is 6.33 Å². The van der Waals surface area contributed by atoms with Crippen LogP contribution in [0.2, 0.25) is 25.7 Å². The highest BCUT2D eigenvalue weighted by Crippen LogP contribution is 2.31. The van der Waals surface area contributed by atoms with E-state index in [2.05, 4.69) is 40.6 Å². The molecule has 1 aliphatic heterocycles. The minimum Gasteiger partial charge on any atom is -0.361 e. The Bertz CT molecular complexity index is 1060. The van der Waals surface area contributed by atoms with Crippen LogP contribution in [0.4, 0.5) is 0 Å². The summed E-state index contributed by atoms with van der Waals surface area (Å²) in [5, 5.41) is 4.15. The molecule has 0 spiro atoms. The van der Waals surface area contributed by atoms with Crippen molar-refractivity contribution in [3.63, 3.8) is 0 Å². The lowest BCUT2D eigenvalue weighted by atomic mass is 10.1. The van der Waals surface area contributed by atoms with Crippen molar-refractivity contribution in [3.05, 3.63) is 53.2 Å². The van der Waals surface area contributed by atoms with E-state index in [9.17, 15) is 4.79 Å². The van der Waals surface area contributed by atoms with Crippen LogP contribution in [0.25, 0.3) is 10.9 Å². The number of carbonyl (C=O) groups is 1. The van der Waals surface area contributed by atoms with Crippen molar-refractivity contribution in [3.8, 4) is 0 Å². The number of hydrogen-bond donors (Lipinski definition) is 1. The number of ether oxygens (including phenoxy) is 1. The molecule has 0 bridgehead atoms. The van der Waals surface area contributed by atoms with Crippen molar-refractivity contribution in [2.45, 2.75) is 65.3 Å². The van der Waals surface area contributed by atoms with E-state index < -0.39 is 8.07 Å². The molecule has 4 rings (SSSR count). The number of amides is 1. The van der Waals surface area contributed by atoms with Crippen LogP contribution in [0.1, 0.15) is 33.9 Å². The summed E-state index contributed by atoms with van der Waals surface area (Å²) in [6.07, 6.45) is 3.86. The third kappa shape index (κ3) is 4.22. The molecule has 0 aliphatic carbocycles. The van der Waals surface area contributed by atoms with Gasteiger partial charge in [-0.1, -0.05) is 37.8 Å². The van der Waals surface area contributed by atoms with Crippen LogP contribution < -0.4 is 5.32 Å². The average Bonchev–Trinajstić information content (AvgIpc) is 3.37. The Morgan fingerprint density at radius 2 is 2.07 bits per heavy atom. The number of nitrogens with zero attached hydrogens (tertiary/aromatic N) is 3. The van der Waals surface area contributed by atoms with Gasteiger partial charge in [0.25, 0.3) is 5.91 Å². The van der Waals surface area contributed by atoms with Crippen LogP contribution in [0, 0.1) is 6.92 Å². The van der Waals surface area contributed by atoms with Gasteiger partial charge in [-0.25, -0.2) is 4.98 Å². The molecule has 3 aromatic rings. The highest BCUT2D eigenvalue weighted by atomic mass is 28.3. The van der Waals surface area contributed by atoms with E-state index in [-0.39, 0.29) is 5.91 Å². The molecule has 0 saturated heterocycles. The van der Waals surface area contributed by atoms with Gasteiger partial charge in [0, 0.05) is 43.5 Å². The van der Waals surface area contributed by atoms with Gasteiger partial charge < -0.3 is 19.2 Å². The molecule has 3 heterocycles. The van der Waals surface area contributed by atoms with E-state index in [0.717, 1.165) is 65.6 Å². The van der Waals surface area contributed by atoms with Crippen molar-refractivity contribution < 1.29 is 9.53 Å². The van der Waals surface area contributed by atoms with E-state index in [1.807, 2.05) is 29.7 Å². The lowest BCUT2D eigenvalue weighted by Gasteiger charge is -2.15. The van der Waals surface area contributed by atoms with Gasteiger partial charge >= 0.3 is 0 Å². The van der Waals surface area contributed by atoms with E-state index in [0.29, 0.717) is 13.3 Å². The molecule has 0 fully saturated rings. The summed E-state index contributed by atoms with van der Waals surface area (Å²) in [4.78, 5) is 17.6. The molecule has 1 amide bonds. The molecule has 1 aromatic carbocycles. The first-order valence-electron chi connectivity index (χ1n) is 10.8. The SMILES string of the molecule is Cc1c(CNC(=O)c2c3n(c4ccccc24)CCC3)ncn1COCC[Si](C)(C)C. The number of benzene rings is 1. The second-order valence-corrected chi connectivity index (χ2v) is 15.0. The lowest BCUT2D eigenvalue weighted by molar-refractivity contribution is 0.0858. The van der Waals surface area contributed by atoms with Gasteiger partial charge in [0.2, 0.25) is 0 Å². The molecule has 0 unspecified atom stereocenters. The second-order valence-electron chi connectivity index (χ2n) is 9.37. The highest BCUT2D eigenvalue weighted by Gasteiger charge is 2.25. The van der Waals surface area contributed by atoms with Crippen LogP contribution in [-0.2, 0) is 31.0 Å². The molecule has 30 heavy (non-hydrogen) atoms. The first-order valence-corrected chi connectivity index (χ1v) is 14.5. The fourth-order valence-electron chi connectivity index (χ4n) is 4.11. The van der Waals surface area contributed by atoms with Gasteiger partial charge in [-0.2, -0.15) is 0 Å². The third-order valence-corrected chi connectivity index (χ3v) is 7.65. The number of hydrogen-bond acceptors (Lipinski definition) is 3. The standard InChI is InChI=1S/C23H32N4O2Si/c1-17-19(25-15-26(17)16-29-12-13-30(2,3)4)14-24-23(28)22-18-8-5-6-9-20(18)27-11-7-10-21(22)27/h5-6,8-9,15H,7,10-14,16H2,1-4H3,(H,24,28). The molecule has 7 heteroatoms. The Kier molecular flexibility index (Phi) is 5.84. The third-order valence-electron chi connectivity index (χ3n) is 5.95. The normalized spacial score (nSPS) is 13.7. The number of aromatic nitrogens is 3. The Balaban J connectivity index is 1.41. The summed E-state index contributed by atoms with van der Waals surface area (Å²) in [6, 6.07) is 9.35. The quantitative estimate of drug-likeness (QED) is 0.432. The number of rotatable bonds is 8. The fraction of sp³-hybridized carbons (Fsp3) is 0.478. The van der Waals surface area contributed by atoms with Crippen LogP contribution in [0.5, 0.6) is 0 Å². The zero-order valence-electron chi connectivity index (χ0n) is 18.5. The topological polar surface area (TPSA) is 61.1 Å². The van der Waals surface area contributed by atoms with Gasteiger partial charge in [-0.15, -0.1) is 0 Å². The average molecular weight is 425 g/mol. The maximum Gasteiger partial charge on any atom is 0.254 e. The summed E-state index contributed by atoms with van der Waals surface area (Å²) in [7, 11) is -1.08. The van der Waals surface area contributed by atoms with Crippen molar-refractivity contribution in [2.75, 3.05) is 6.61 Å². The van der Waals surface area contributed by atoms with Crippen LogP contribution in [0.15, 0.2) is 30.6 Å². The van der Waals surface area contributed by atoms with Crippen LogP contribution in [-0.4, -0.2) is 34.7 Å². The summed E-state index contributed by atoms with van der Waals surface area (Å²) in [6.45, 7) is 11.8. The van der Waals surface area contributed by atoms with E-state index in [1.165, 1.54) is 0 Å². The Morgan fingerprint density at radius 1 is 1.27 bits per heavy atom. The molecule has 160 valence electrons. The summed E-state index contributed by atoms with van der Waals surface area (Å²) < 4.78 is 10.1. The highest BCUT2D eigenvalue weighted by molar-refractivity contribution is 6.76. The van der Waals surface area contributed by atoms with E-state index >= 15 is 0 Å². The molecule has 1 N–H and O–H groups in total. The largest absolute Gasteiger partial charge is 0.361 e. The number of aryl methyl sites for hydroxylation is 1. The molecule has 0 saturated carbocycles. The molecule has 1 aliphatic rings. The minimum absolute atomic E-state index is 0.0119. The van der Waals surface area contributed by atoms with Crippen LogP contribution >= 0.6 is 0 Å². The summed E-state index contributed by atoms with van der Waals surface area (Å²) in [5.41, 5.74) is 5.07. The first kappa shape index (κ1) is 20.9. The molecule has 6 nitrogen and oxygen atoms in total. The monoisotopic (exact) mass is 424 g/mol. The number of para-hydroxylation sites is 1. The fourth-order valence-corrected chi connectivity index (χ4v) is 4.87. The predicted molar refractivity (Wildman–Crippen MR) is 122 cm³/mol. The molecule has 0 atom stereocenters. The Labute approximate surface area is 179 Å². The first-order chi connectivity index (χ1) is 14.3. The van der Waals surface area contributed by atoms with Crippen LogP contribution in [0.3, 0.4) is 0 Å². The van der Waals surface area contributed by atoms with Gasteiger partial charge in [0.05, 0.1) is 24.1 Å². The Morgan fingerprint density at radius 3 is 2.87 bits per heavy atom. The predicted octanol–water partition coefficient (Wildman–Crippen LogP) is 4.33. The lowest BCUT2D eigenvalue weighted by Crippen LogP contribution is -2.24. The molecular weight excluding hydrogens is 392 g/mol. The maximum absolute atomic E-state index is 13.1. The zero-order valence-corrected chi connectivity index (χ0v) is 19.5. The molecule has 2 aromatic heterocycles. The smallest absolute Gasteiger partial charge is 0.254 e. The second kappa shape index (κ2) is 8.39. The van der Waals surface area contributed by atoms with Crippen molar-refractivity contribution in [1.29, 1.82) is 0 Å². The number of fused-ring (bicyclic) bond motifs is 3. The molecule has 0 radical (unpaired) electrons. The molecular formula is C23H32N4O2Si. The number of imidazole rings is 1. The number of nitrogens with one attached hydrogen (secondary N) is 1. The number of carbonyl (C=O) groups excluding carboxylic acids is 1. The van der Waals surface area contributed by atoms with Crippen molar-refractivity contribution in [1.82, 2.24) is 19.4 Å². The van der Waals surface area contributed by atoms with Gasteiger partial charge in [0.1, 0.15) is 6.73 Å². The Hall–Kier alpha value is -2.38. The van der Waals surface area contributed by atoms with Crippen molar-refractivity contribution >= 4 is 24.9 Å². The zero-order chi connectivity index (χ0) is 21.3. The van der Waals surface area contributed by atoms with Crippen molar-refractivity contribution in [2.24, 2.45) is 0 Å². The van der Waals surface area contributed by atoms with Gasteiger partial charge in [-0.3, -0.25) is 4.79 Å². The van der Waals surface area contributed by atoms with E-state index in [4.69, 9.17) is 4.74 Å². The minimum atomic E-state index is -1.08. The maximum atomic E-state index is 13.1. The summed E-state index contributed by atoms with van der Waals surface area (Å²) >= 11 is 0. The van der Waals surface area contributed by atoms with Gasteiger partial charge in [0.15, 0.2) is 0 Å². The van der Waals surface area contributed by atoms with Gasteiger partial charge in [-0.05, 0) is 31.9 Å².